The van der Waals surface area contributed by atoms with Gasteiger partial charge in [0.1, 0.15) is 0 Å². The van der Waals surface area contributed by atoms with Gasteiger partial charge in [-0.2, -0.15) is 0 Å². The van der Waals surface area contributed by atoms with Crippen molar-refractivity contribution in [2.24, 2.45) is 5.92 Å². The van der Waals surface area contributed by atoms with Crippen molar-refractivity contribution in [1.82, 2.24) is 4.90 Å². The molecule has 2 aromatic carbocycles. The number of aryl methyl sites for hydroxylation is 2. The van der Waals surface area contributed by atoms with Gasteiger partial charge in [0, 0.05) is 17.9 Å². The smallest absolute Gasteiger partial charge is 0.238 e. The van der Waals surface area contributed by atoms with Crippen LogP contribution in [0.1, 0.15) is 24.0 Å². The quantitative estimate of drug-likeness (QED) is 0.851. The Morgan fingerprint density at radius 1 is 1.00 bits per heavy atom. The van der Waals surface area contributed by atoms with Crippen molar-refractivity contribution in [2.45, 2.75) is 26.7 Å². The van der Waals surface area contributed by atoms with Gasteiger partial charge in [-0.1, -0.05) is 24.3 Å². The van der Waals surface area contributed by atoms with Gasteiger partial charge in [0.15, 0.2) is 0 Å². The Hall–Kier alpha value is -2.66. The van der Waals surface area contributed by atoms with E-state index >= 15 is 0 Å². The van der Waals surface area contributed by atoms with Crippen molar-refractivity contribution in [2.75, 3.05) is 30.3 Å². The number of nitrogens with zero attached hydrogens (tertiary/aromatic N) is 1. The van der Waals surface area contributed by atoms with Gasteiger partial charge in [0.25, 0.3) is 0 Å². The number of amides is 2. The Kier molecular flexibility index (Phi) is 6.24. The average Bonchev–Trinajstić information content (AvgIpc) is 2.61. The maximum atomic E-state index is 12.5. The molecule has 2 aromatic rings. The van der Waals surface area contributed by atoms with Gasteiger partial charge in [-0.3, -0.25) is 14.5 Å². The van der Waals surface area contributed by atoms with Crippen molar-refractivity contribution in [3.05, 3.63) is 59.7 Å². The zero-order chi connectivity index (χ0) is 19.2. The van der Waals surface area contributed by atoms with Crippen LogP contribution in [0.4, 0.5) is 11.4 Å². The molecule has 2 amide bonds. The number of hydrogen-bond acceptors (Lipinski definition) is 3. The third kappa shape index (κ3) is 5.66. The topological polar surface area (TPSA) is 61.4 Å². The van der Waals surface area contributed by atoms with Crippen LogP contribution in [0.15, 0.2) is 48.5 Å². The highest BCUT2D eigenvalue weighted by atomic mass is 16.2. The minimum atomic E-state index is -0.0898. The number of rotatable bonds is 5. The van der Waals surface area contributed by atoms with Crippen LogP contribution in [-0.4, -0.2) is 36.3 Å². The van der Waals surface area contributed by atoms with E-state index in [1.807, 2.05) is 56.3 Å². The van der Waals surface area contributed by atoms with Gasteiger partial charge in [-0.25, -0.2) is 0 Å². The number of likely N-dealkylation sites (tertiary alicyclic amines) is 1. The van der Waals surface area contributed by atoms with Crippen LogP contribution in [0.5, 0.6) is 0 Å². The lowest BCUT2D eigenvalue weighted by molar-refractivity contribution is -0.123. The molecule has 0 aliphatic carbocycles. The predicted octanol–water partition coefficient (Wildman–Crippen LogP) is 3.59. The first-order valence-electron chi connectivity index (χ1n) is 9.46. The van der Waals surface area contributed by atoms with Crippen LogP contribution in [-0.2, 0) is 9.59 Å². The first-order valence-corrected chi connectivity index (χ1v) is 9.46. The van der Waals surface area contributed by atoms with Gasteiger partial charge >= 0.3 is 0 Å². The molecule has 3 rings (SSSR count). The molecule has 1 heterocycles. The van der Waals surface area contributed by atoms with Crippen molar-refractivity contribution < 1.29 is 9.59 Å². The fourth-order valence-electron chi connectivity index (χ4n) is 3.63. The second-order valence-corrected chi connectivity index (χ2v) is 7.35. The molecule has 0 aromatic heterocycles. The van der Waals surface area contributed by atoms with E-state index in [1.165, 1.54) is 0 Å². The second-order valence-electron chi connectivity index (χ2n) is 7.35. The first-order chi connectivity index (χ1) is 13.0. The maximum Gasteiger partial charge on any atom is 0.238 e. The number of piperidine rings is 1. The summed E-state index contributed by atoms with van der Waals surface area (Å²) in [6, 6.07) is 15.5. The number of anilines is 2. The summed E-state index contributed by atoms with van der Waals surface area (Å²) in [4.78, 5) is 27.0. The van der Waals surface area contributed by atoms with E-state index in [2.05, 4.69) is 21.6 Å². The Labute approximate surface area is 160 Å². The lowest BCUT2D eigenvalue weighted by Gasteiger charge is -2.31. The van der Waals surface area contributed by atoms with Crippen molar-refractivity contribution in [1.29, 1.82) is 0 Å². The van der Waals surface area contributed by atoms with Gasteiger partial charge in [0.2, 0.25) is 11.8 Å². The lowest BCUT2D eigenvalue weighted by atomic mass is 9.97. The normalized spacial score (nSPS) is 17.3. The molecular weight excluding hydrogens is 338 g/mol. The van der Waals surface area contributed by atoms with Crippen LogP contribution in [0, 0.1) is 19.8 Å². The standard InChI is InChI=1S/C22H27N3O2/c1-16-11-17(2)13-20(12-16)23-21(26)15-25-10-6-7-18(14-25)22(27)24-19-8-4-3-5-9-19/h3-5,8-9,11-13,18H,6-7,10,14-15H2,1-2H3,(H,23,26)(H,24,27)/t18-/m0/s1. The van der Waals surface area contributed by atoms with Crippen LogP contribution in [0.2, 0.25) is 0 Å². The lowest BCUT2D eigenvalue weighted by Crippen LogP contribution is -2.44. The molecule has 1 saturated heterocycles. The SMILES string of the molecule is Cc1cc(C)cc(NC(=O)CN2CCC[C@H](C(=O)Nc3ccccc3)C2)c1. The number of benzene rings is 2. The Balaban J connectivity index is 1.53. The number of para-hydroxylation sites is 1. The molecule has 5 heteroatoms. The van der Waals surface area contributed by atoms with E-state index in [0.29, 0.717) is 13.1 Å². The Bertz CT molecular complexity index is 784. The fraction of sp³-hybridized carbons (Fsp3) is 0.364. The minimum absolute atomic E-state index is 0.0283. The fourth-order valence-corrected chi connectivity index (χ4v) is 3.63. The Morgan fingerprint density at radius 2 is 1.70 bits per heavy atom. The monoisotopic (exact) mass is 365 g/mol. The maximum absolute atomic E-state index is 12.5. The number of nitrogens with one attached hydrogen (secondary N) is 2. The van der Waals surface area contributed by atoms with E-state index in [4.69, 9.17) is 0 Å². The van der Waals surface area contributed by atoms with Gasteiger partial charge < -0.3 is 10.6 Å². The molecular formula is C22H27N3O2. The number of carbonyl (C=O) groups is 2. The molecule has 2 N–H and O–H groups in total. The van der Waals surface area contributed by atoms with Crippen LogP contribution in [0.25, 0.3) is 0 Å². The van der Waals surface area contributed by atoms with E-state index in [1.54, 1.807) is 0 Å². The highest BCUT2D eigenvalue weighted by molar-refractivity contribution is 5.93. The van der Waals surface area contributed by atoms with E-state index in [0.717, 1.165) is 41.9 Å². The minimum Gasteiger partial charge on any atom is -0.326 e. The number of carbonyl (C=O) groups excluding carboxylic acids is 2. The largest absolute Gasteiger partial charge is 0.326 e. The molecule has 1 aliphatic heterocycles. The van der Waals surface area contributed by atoms with Crippen molar-refractivity contribution in [3.63, 3.8) is 0 Å². The first kappa shape index (κ1) is 19.1. The van der Waals surface area contributed by atoms with Gasteiger partial charge in [-0.15, -0.1) is 0 Å². The summed E-state index contributed by atoms with van der Waals surface area (Å²) in [6.45, 7) is 5.79. The molecule has 5 nitrogen and oxygen atoms in total. The molecule has 0 bridgehead atoms. The second kappa shape index (κ2) is 8.82. The van der Waals surface area contributed by atoms with E-state index in [-0.39, 0.29) is 17.7 Å². The molecule has 1 fully saturated rings. The summed E-state index contributed by atoms with van der Waals surface area (Å²) in [6.07, 6.45) is 1.78. The highest BCUT2D eigenvalue weighted by Gasteiger charge is 2.26. The molecule has 1 aliphatic rings. The average molecular weight is 365 g/mol. The molecule has 1 atom stereocenters. The van der Waals surface area contributed by atoms with E-state index in [9.17, 15) is 9.59 Å². The zero-order valence-electron chi connectivity index (χ0n) is 16.0. The third-order valence-electron chi connectivity index (χ3n) is 4.79. The van der Waals surface area contributed by atoms with Crippen LogP contribution < -0.4 is 10.6 Å². The highest BCUT2D eigenvalue weighted by Crippen LogP contribution is 2.19. The summed E-state index contributed by atoms with van der Waals surface area (Å²) in [5, 5.41) is 5.95. The third-order valence-corrected chi connectivity index (χ3v) is 4.79. The molecule has 0 spiro atoms. The zero-order valence-corrected chi connectivity index (χ0v) is 16.0. The summed E-state index contributed by atoms with van der Waals surface area (Å²) in [7, 11) is 0. The van der Waals surface area contributed by atoms with Gasteiger partial charge in [0.05, 0.1) is 12.5 Å². The molecule has 0 unspecified atom stereocenters. The molecule has 0 radical (unpaired) electrons. The Morgan fingerprint density at radius 3 is 2.41 bits per heavy atom. The van der Waals surface area contributed by atoms with Crippen LogP contribution >= 0.6 is 0 Å². The molecule has 142 valence electrons. The summed E-state index contributed by atoms with van der Waals surface area (Å²) < 4.78 is 0. The van der Waals surface area contributed by atoms with Gasteiger partial charge in [-0.05, 0) is 68.6 Å². The summed E-state index contributed by atoms with van der Waals surface area (Å²) >= 11 is 0. The number of hydrogen-bond donors (Lipinski definition) is 2. The van der Waals surface area contributed by atoms with Crippen molar-refractivity contribution >= 4 is 23.2 Å². The van der Waals surface area contributed by atoms with E-state index < -0.39 is 0 Å². The summed E-state index contributed by atoms with van der Waals surface area (Å²) in [5.41, 5.74) is 3.89. The summed E-state index contributed by atoms with van der Waals surface area (Å²) in [5.74, 6) is -0.0993. The predicted molar refractivity (Wildman–Crippen MR) is 109 cm³/mol. The molecule has 27 heavy (non-hydrogen) atoms. The molecule has 0 saturated carbocycles. The van der Waals surface area contributed by atoms with Crippen molar-refractivity contribution in [3.8, 4) is 0 Å². The van der Waals surface area contributed by atoms with Crippen LogP contribution in [0.3, 0.4) is 0 Å².